The molecule has 0 aromatic heterocycles. The van der Waals surface area contributed by atoms with Gasteiger partial charge in [-0.2, -0.15) is 0 Å². The second kappa shape index (κ2) is 10.4. The van der Waals surface area contributed by atoms with E-state index in [1.54, 1.807) is 7.11 Å². The highest BCUT2D eigenvalue weighted by molar-refractivity contribution is 4.61. The Balaban J connectivity index is 3.21. The minimum Gasteiger partial charge on any atom is -0.389 e. The van der Waals surface area contributed by atoms with Crippen molar-refractivity contribution in [2.45, 2.75) is 38.9 Å². The Morgan fingerprint density at radius 3 is 2.67 bits per heavy atom. The topological polar surface area (TPSA) is 50.7 Å². The molecule has 0 rings (SSSR count). The molecule has 0 amide bonds. The van der Waals surface area contributed by atoms with Gasteiger partial charge in [0, 0.05) is 26.8 Å². The van der Waals surface area contributed by atoms with Crippen molar-refractivity contribution in [3.05, 3.63) is 0 Å². The van der Waals surface area contributed by atoms with Crippen LogP contribution in [0.15, 0.2) is 0 Å². The van der Waals surface area contributed by atoms with Crippen LogP contribution in [0.1, 0.15) is 26.7 Å². The summed E-state index contributed by atoms with van der Waals surface area (Å²) in [6.45, 7) is 6.56. The summed E-state index contributed by atoms with van der Waals surface area (Å²) >= 11 is 0. The maximum Gasteiger partial charge on any atom is 0.0897 e. The molecule has 0 heterocycles. The summed E-state index contributed by atoms with van der Waals surface area (Å²) in [6.07, 6.45) is 1.93. The summed E-state index contributed by atoms with van der Waals surface area (Å²) in [6, 6.07) is 0. The average Bonchev–Trinajstić information content (AvgIpc) is 2.24. The number of aliphatic hydroxyl groups is 1. The normalized spacial score (nSPS) is 15.2. The Morgan fingerprint density at radius 1 is 1.33 bits per heavy atom. The fourth-order valence-corrected chi connectivity index (χ4v) is 1.06. The van der Waals surface area contributed by atoms with Crippen molar-refractivity contribution in [2.75, 3.05) is 33.4 Å². The Morgan fingerprint density at radius 2 is 2.07 bits per heavy atom. The summed E-state index contributed by atoms with van der Waals surface area (Å²) in [5, 5.41) is 12.6. The van der Waals surface area contributed by atoms with Crippen LogP contribution in [0.2, 0.25) is 0 Å². The predicted molar refractivity (Wildman–Crippen MR) is 61.1 cm³/mol. The van der Waals surface area contributed by atoms with E-state index < -0.39 is 6.10 Å². The smallest absolute Gasteiger partial charge is 0.0897 e. The van der Waals surface area contributed by atoms with Crippen molar-refractivity contribution in [3.63, 3.8) is 0 Å². The molecule has 4 heteroatoms. The maximum absolute atomic E-state index is 9.51. The number of unbranched alkanes of at least 4 members (excludes halogenated alkanes) is 1. The first-order valence-electron chi connectivity index (χ1n) is 5.70. The molecule has 4 nitrogen and oxygen atoms in total. The molecule has 0 radical (unpaired) electrons. The zero-order valence-electron chi connectivity index (χ0n) is 10.2. The third-order valence-corrected chi connectivity index (χ3v) is 2.17. The minimum absolute atomic E-state index is 0.179. The first kappa shape index (κ1) is 14.8. The van der Waals surface area contributed by atoms with Crippen LogP contribution in [0.3, 0.4) is 0 Å². The molecule has 0 fully saturated rings. The minimum atomic E-state index is -0.425. The van der Waals surface area contributed by atoms with Gasteiger partial charge in [0.1, 0.15) is 0 Å². The van der Waals surface area contributed by atoms with Gasteiger partial charge in [-0.3, -0.25) is 0 Å². The molecule has 0 aliphatic rings. The molecule has 0 saturated carbocycles. The number of aliphatic hydroxyl groups excluding tert-OH is 1. The summed E-state index contributed by atoms with van der Waals surface area (Å²) in [5.41, 5.74) is 0. The summed E-state index contributed by atoms with van der Waals surface area (Å²) < 4.78 is 10.4. The van der Waals surface area contributed by atoms with E-state index in [1.807, 2.05) is 6.92 Å². The lowest BCUT2D eigenvalue weighted by atomic mass is 10.3. The van der Waals surface area contributed by atoms with Gasteiger partial charge >= 0.3 is 0 Å². The van der Waals surface area contributed by atoms with E-state index in [0.29, 0.717) is 13.2 Å². The van der Waals surface area contributed by atoms with Crippen molar-refractivity contribution >= 4 is 0 Å². The lowest BCUT2D eigenvalue weighted by Crippen LogP contribution is -2.35. The Bertz CT molecular complexity index is 133. The molecule has 92 valence electrons. The SMILES string of the molecule is CCCCOCC(O)CNCC(C)OC. The third-order valence-electron chi connectivity index (χ3n) is 2.17. The van der Waals surface area contributed by atoms with Crippen LogP contribution in [0.5, 0.6) is 0 Å². The van der Waals surface area contributed by atoms with Gasteiger partial charge in [0.15, 0.2) is 0 Å². The van der Waals surface area contributed by atoms with Gasteiger partial charge in [0.25, 0.3) is 0 Å². The standard InChI is InChI=1S/C11H25NO3/c1-4-5-6-15-9-11(13)8-12-7-10(2)14-3/h10-13H,4-9H2,1-3H3. The predicted octanol–water partition coefficient (Wildman–Crippen LogP) is 0.788. The van der Waals surface area contributed by atoms with Crippen LogP contribution < -0.4 is 5.32 Å². The largest absolute Gasteiger partial charge is 0.389 e. The maximum atomic E-state index is 9.51. The van der Waals surface area contributed by atoms with Crippen LogP contribution in [-0.2, 0) is 9.47 Å². The van der Waals surface area contributed by atoms with E-state index in [0.717, 1.165) is 26.0 Å². The highest BCUT2D eigenvalue weighted by Gasteiger charge is 2.04. The Hall–Kier alpha value is -0.160. The fourth-order valence-electron chi connectivity index (χ4n) is 1.06. The first-order chi connectivity index (χ1) is 7.20. The molecule has 0 saturated heterocycles. The molecular weight excluding hydrogens is 194 g/mol. The van der Waals surface area contributed by atoms with Crippen LogP contribution >= 0.6 is 0 Å². The molecule has 2 unspecified atom stereocenters. The Kier molecular flexibility index (Phi) is 10.3. The second-order valence-electron chi connectivity index (χ2n) is 3.79. The van der Waals surface area contributed by atoms with Crippen LogP contribution in [-0.4, -0.2) is 50.7 Å². The summed E-state index contributed by atoms with van der Waals surface area (Å²) in [7, 11) is 1.68. The van der Waals surface area contributed by atoms with Crippen molar-refractivity contribution < 1.29 is 14.6 Å². The van der Waals surface area contributed by atoms with E-state index in [1.165, 1.54) is 0 Å². The lowest BCUT2D eigenvalue weighted by Gasteiger charge is -2.14. The molecule has 0 aliphatic carbocycles. The number of hydrogen-bond donors (Lipinski definition) is 2. The Labute approximate surface area is 93.0 Å². The van der Waals surface area contributed by atoms with Gasteiger partial charge in [-0.1, -0.05) is 13.3 Å². The molecule has 0 bridgehead atoms. The highest BCUT2D eigenvalue weighted by Crippen LogP contribution is 1.90. The molecule has 2 N–H and O–H groups in total. The van der Waals surface area contributed by atoms with E-state index >= 15 is 0 Å². The summed E-state index contributed by atoms with van der Waals surface area (Å²) in [5.74, 6) is 0. The van der Waals surface area contributed by atoms with Crippen molar-refractivity contribution in [1.29, 1.82) is 0 Å². The summed E-state index contributed by atoms with van der Waals surface area (Å²) in [4.78, 5) is 0. The molecular formula is C11H25NO3. The van der Waals surface area contributed by atoms with Crippen molar-refractivity contribution in [2.24, 2.45) is 0 Å². The van der Waals surface area contributed by atoms with Crippen LogP contribution in [0, 0.1) is 0 Å². The van der Waals surface area contributed by atoms with Crippen LogP contribution in [0.25, 0.3) is 0 Å². The monoisotopic (exact) mass is 219 g/mol. The average molecular weight is 219 g/mol. The number of rotatable bonds is 10. The van der Waals surface area contributed by atoms with E-state index in [9.17, 15) is 5.11 Å². The molecule has 15 heavy (non-hydrogen) atoms. The number of nitrogens with one attached hydrogen (secondary N) is 1. The van der Waals surface area contributed by atoms with Gasteiger partial charge in [-0.05, 0) is 13.3 Å². The number of ether oxygens (including phenoxy) is 2. The highest BCUT2D eigenvalue weighted by atomic mass is 16.5. The lowest BCUT2D eigenvalue weighted by molar-refractivity contribution is 0.0333. The first-order valence-corrected chi connectivity index (χ1v) is 5.70. The number of methoxy groups -OCH3 is 1. The van der Waals surface area contributed by atoms with Gasteiger partial charge < -0.3 is 19.9 Å². The number of hydrogen-bond acceptors (Lipinski definition) is 4. The van der Waals surface area contributed by atoms with E-state index in [-0.39, 0.29) is 6.10 Å². The molecule has 0 spiro atoms. The van der Waals surface area contributed by atoms with Gasteiger partial charge in [0.2, 0.25) is 0 Å². The molecule has 0 aromatic carbocycles. The van der Waals surface area contributed by atoms with E-state index in [2.05, 4.69) is 12.2 Å². The molecule has 2 atom stereocenters. The van der Waals surface area contributed by atoms with Crippen molar-refractivity contribution in [1.82, 2.24) is 5.32 Å². The quantitative estimate of drug-likeness (QED) is 0.533. The zero-order chi connectivity index (χ0) is 11.5. The molecule has 0 aliphatic heterocycles. The van der Waals surface area contributed by atoms with Crippen molar-refractivity contribution in [3.8, 4) is 0 Å². The van der Waals surface area contributed by atoms with Crippen LogP contribution in [0.4, 0.5) is 0 Å². The van der Waals surface area contributed by atoms with Gasteiger partial charge in [0.05, 0.1) is 18.8 Å². The van der Waals surface area contributed by atoms with Gasteiger partial charge in [-0.25, -0.2) is 0 Å². The van der Waals surface area contributed by atoms with Gasteiger partial charge in [-0.15, -0.1) is 0 Å². The van der Waals surface area contributed by atoms with E-state index in [4.69, 9.17) is 9.47 Å². The third kappa shape index (κ3) is 10.1. The second-order valence-corrected chi connectivity index (χ2v) is 3.79. The molecule has 0 aromatic rings. The fraction of sp³-hybridized carbons (Fsp3) is 1.00. The zero-order valence-corrected chi connectivity index (χ0v) is 10.2.